The fourth-order valence-electron chi connectivity index (χ4n) is 2.31. The normalized spacial score (nSPS) is 11.5. The van der Waals surface area contributed by atoms with Gasteiger partial charge in [0.1, 0.15) is 0 Å². The summed E-state index contributed by atoms with van der Waals surface area (Å²) < 4.78 is 0. The smallest absolute Gasteiger partial charge is 0.198 e. The lowest BCUT2D eigenvalue weighted by molar-refractivity contribution is 0.457. The molecular formula is C17H15ClN2O. The molecule has 0 saturated heterocycles. The molecule has 0 aliphatic carbocycles. The molecule has 106 valence electrons. The van der Waals surface area contributed by atoms with Crippen LogP contribution in [0.15, 0.2) is 47.5 Å². The predicted octanol–water partition coefficient (Wildman–Crippen LogP) is 4.45. The van der Waals surface area contributed by atoms with Crippen LogP contribution in [0.1, 0.15) is 16.7 Å². The summed E-state index contributed by atoms with van der Waals surface area (Å²) in [6, 6.07) is 13.6. The van der Waals surface area contributed by atoms with Gasteiger partial charge in [-0.3, -0.25) is 4.99 Å². The van der Waals surface area contributed by atoms with Crippen LogP contribution < -0.4 is 0 Å². The third kappa shape index (κ3) is 2.78. The van der Waals surface area contributed by atoms with E-state index in [1.54, 1.807) is 6.21 Å². The number of benzene rings is 2. The number of aromatic nitrogens is 1. The average molecular weight is 299 g/mol. The van der Waals surface area contributed by atoms with Crippen LogP contribution in [0.5, 0.6) is 5.88 Å². The van der Waals surface area contributed by atoms with Gasteiger partial charge in [0.25, 0.3) is 0 Å². The number of H-pyrrole nitrogens is 1. The molecule has 2 N–H and O–H groups in total. The van der Waals surface area contributed by atoms with Gasteiger partial charge >= 0.3 is 0 Å². The summed E-state index contributed by atoms with van der Waals surface area (Å²) in [6.07, 6.45) is 1.69. The summed E-state index contributed by atoms with van der Waals surface area (Å²) in [4.78, 5) is 7.36. The number of rotatable bonds is 3. The number of aromatic amines is 1. The van der Waals surface area contributed by atoms with Gasteiger partial charge in [-0.25, -0.2) is 0 Å². The van der Waals surface area contributed by atoms with E-state index in [1.165, 1.54) is 0 Å². The fourth-order valence-corrected chi connectivity index (χ4v) is 2.51. The Kier molecular flexibility index (Phi) is 3.67. The molecule has 3 aromatic rings. The van der Waals surface area contributed by atoms with Crippen molar-refractivity contribution in [1.29, 1.82) is 0 Å². The largest absolute Gasteiger partial charge is 0.494 e. The summed E-state index contributed by atoms with van der Waals surface area (Å²) >= 11 is 6.10. The first-order valence-electron chi connectivity index (χ1n) is 6.69. The Labute approximate surface area is 127 Å². The van der Waals surface area contributed by atoms with Gasteiger partial charge in [-0.15, -0.1) is 0 Å². The van der Waals surface area contributed by atoms with Crippen molar-refractivity contribution < 1.29 is 5.11 Å². The van der Waals surface area contributed by atoms with E-state index in [4.69, 9.17) is 11.6 Å². The maximum atomic E-state index is 10.0. The maximum absolute atomic E-state index is 10.0. The number of hydrogen-bond donors (Lipinski definition) is 2. The number of nitrogens with zero attached hydrogens (tertiary/aromatic N) is 1. The number of aryl methyl sites for hydroxylation is 1. The molecule has 21 heavy (non-hydrogen) atoms. The van der Waals surface area contributed by atoms with E-state index in [9.17, 15) is 5.11 Å². The van der Waals surface area contributed by atoms with Crippen molar-refractivity contribution in [2.45, 2.75) is 13.5 Å². The van der Waals surface area contributed by atoms with E-state index in [1.807, 2.05) is 49.4 Å². The van der Waals surface area contributed by atoms with Crippen LogP contribution in [0.2, 0.25) is 5.02 Å². The zero-order valence-electron chi connectivity index (χ0n) is 11.6. The third-order valence-corrected chi connectivity index (χ3v) is 3.78. The van der Waals surface area contributed by atoms with Crippen molar-refractivity contribution in [2.24, 2.45) is 4.99 Å². The summed E-state index contributed by atoms with van der Waals surface area (Å²) in [5.74, 6) is 0.138. The highest BCUT2D eigenvalue weighted by atomic mass is 35.5. The van der Waals surface area contributed by atoms with Gasteiger partial charge in [-0.1, -0.05) is 41.9 Å². The molecule has 0 amide bonds. The summed E-state index contributed by atoms with van der Waals surface area (Å²) in [6.45, 7) is 2.50. The first kappa shape index (κ1) is 13.7. The zero-order chi connectivity index (χ0) is 14.8. The third-order valence-electron chi connectivity index (χ3n) is 3.41. The number of aliphatic imine (C=N–C) groups is 1. The van der Waals surface area contributed by atoms with Crippen LogP contribution in [-0.4, -0.2) is 16.3 Å². The Morgan fingerprint density at radius 3 is 2.86 bits per heavy atom. The SMILES string of the molecule is Cc1ccc2c(C=NCc3ccccc3Cl)c(O)[nH]c2c1. The summed E-state index contributed by atoms with van der Waals surface area (Å²) in [7, 11) is 0. The van der Waals surface area contributed by atoms with Gasteiger partial charge in [0, 0.05) is 22.1 Å². The summed E-state index contributed by atoms with van der Waals surface area (Å²) in [5, 5.41) is 11.7. The van der Waals surface area contributed by atoms with Gasteiger partial charge in [0.15, 0.2) is 5.88 Å². The minimum atomic E-state index is 0.138. The zero-order valence-corrected chi connectivity index (χ0v) is 12.4. The van der Waals surface area contributed by atoms with E-state index in [-0.39, 0.29) is 5.88 Å². The number of aromatic hydroxyl groups is 1. The van der Waals surface area contributed by atoms with Crippen molar-refractivity contribution >= 4 is 28.7 Å². The minimum Gasteiger partial charge on any atom is -0.494 e. The Morgan fingerprint density at radius 2 is 2.05 bits per heavy atom. The van der Waals surface area contributed by atoms with Gasteiger partial charge < -0.3 is 10.1 Å². The highest BCUT2D eigenvalue weighted by molar-refractivity contribution is 6.31. The van der Waals surface area contributed by atoms with Crippen LogP contribution in [0.4, 0.5) is 0 Å². The molecule has 3 nitrogen and oxygen atoms in total. The highest BCUT2D eigenvalue weighted by Gasteiger charge is 2.08. The van der Waals surface area contributed by atoms with E-state index in [0.29, 0.717) is 17.1 Å². The second kappa shape index (κ2) is 5.62. The van der Waals surface area contributed by atoms with Crippen LogP contribution >= 0.6 is 11.6 Å². The average Bonchev–Trinajstić information content (AvgIpc) is 2.76. The number of nitrogens with one attached hydrogen (secondary N) is 1. The van der Waals surface area contributed by atoms with E-state index in [2.05, 4.69) is 9.98 Å². The molecule has 4 heteroatoms. The van der Waals surface area contributed by atoms with Gasteiger partial charge in [-0.05, 0) is 30.2 Å². The van der Waals surface area contributed by atoms with Crippen LogP contribution in [0.3, 0.4) is 0 Å². The first-order chi connectivity index (χ1) is 10.1. The van der Waals surface area contributed by atoms with Gasteiger partial charge in [-0.2, -0.15) is 0 Å². The topological polar surface area (TPSA) is 48.4 Å². The molecular weight excluding hydrogens is 284 g/mol. The fraction of sp³-hybridized carbons (Fsp3) is 0.118. The summed E-state index contributed by atoms with van der Waals surface area (Å²) in [5.41, 5.74) is 3.72. The van der Waals surface area contributed by atoms with E-state index < -0.39 is 0 Å². The Bertz CT molecular complexity index is 821. The molecule has 1 heterocycles. The quantitative estimate of drug-likeness (QED) is 0.689. The first-order valence-corrected chi connectivity index (χ1v) is 7.07. The molecule has 0 fully saturated rings. The number of fused-ring (bicyclic) bond motifs is 1. The Morgan fingerprint density at radius 1 is 1.24 bits per heavy atom. The van der Waals surface area contributed by atoms with Crippen LogP contribution in [0.25, 0.3) is 10.9 Å². The molecule has 0 bridgehead atoms. The molecule has 0 aliphatic rings. The lowest BCUT2D eigenvalue weighted by Crippen LogP contribution is -1.85. The highest BCUT2D eigenvalue weighted by Crippen LogP contribution is 2.26. The van der Waals surface area contributed by atoms with E-state index >= 15 is 0 Å². The lowest BCUT2D eigenvalue weighted by atomic mass is 10.1. The second-order valence-corrected chi connectivity index (χ2v) is 5.40. The molecule has 2 aromatic carbocycles. The molecule has 1 aromatic heterocycles. The Balaban J connectivity index is 1.90. The Hall–Kier alpha value is -2.26. The van der Waals surface area contributed by atoms with Crippen molar-refractivity contribution in [3.63, 3.8) is 0 Å². The van der Waals surface area contributed by atoms with E-state index in [0.717, 1.165) is 22.0 Å². The van der Waals surface area contributed by atoms with Gasteiger partial charge in [0.2, 0.25) is 0 Å². The lowest BCUT2D eigenvalue weighted by Gasteiger charge is -1.99. The second-order valence-electron chi connectivity index (χ2n) is 5.00. The monoisotopic (exact) mass is 298 g/mol. The molecule has 0 radical (unpaired) electrons. The van der Waals surface area contributed by atoms with Crippen molar-refractivity contribution in [3.8, 4) is 5.88 Å². The molecule has 0 saturated carbocycles. The molecule has 0 unspecified atom stereocenters. The molecule has 3 rings (SSSR count). The predicted molar refractivity (Wildman–Crippen MR) is 87.5 cm³/mol. The maximum Gasteiger partial charge on any atom is 0.198 e. The van der Waals surface area contributed by atoms with Crippen molar-refractivity contribution in [3.05, 3.63) is 64.2 Å². The standard InChI is InChI=1S/C17H15ClN2O/c1-11-6-7-13-14(17(21)20-16(13)8-11)10-19-9-12-4-2-3-5-15(12)18/h2-8,10,20-21H,9H2,1H3. The van der Waals surface area contributed by atoms with Crippen molar-refractivity contribution in [2.75, 3.05) is 0 Å². The van der Waals surface area contributed by atoms with Crippen molar-refractivity contribution in [1.82, 2.24) is 4.98 Å². The molecule has 0 atom stereocenters. The number of hydrogen-bond acceptors (Lipinski definition) is 2. The minimum absolute atomic E-state index is 0.138. The van der Waals surface area contributed by atoms with Gasteiger partial charge in [0.05, 0.1) is 12.1 Å². The van der Waals surface area contributed by atoms with Crippen LogP contribution in [-0.2, 0) is 6.54 Å². The van der Waals surface area contributed by atoms with Crippen LogP contribution in [0, 0.1) is 6.92 Å². The molecule has 0 spiro atoms. The molecule has 0 aliphatic heterocycles. The number of halogens is 1.